The van der Waals surface area contributed by atoms with Gasteiger partial charge in [0.15, 0.2) is 0 Å². The molecule has 0 fully saturated rings. The molecule has 0 spiro atoms. The maximum Gasteiger partial charge on any atom is 0.337 e. The second kappa shape index (κ2) is 4.43. The van der Waals surface area contributed by atoms with Gasteiger partial charge in [-0.1, -0.05) is 6.07 Å². The minimum atomic E-state index is -0.935. The van der Waals surface area contributed by atoms with E-state index in [1.54, 1.807) is 6.20 Å². The molecule has 0 amide bonds. The van der Waals surface area contributed by atoms with Crippen LogP contribution in [-0.4, -0.2) is 16.1 Å². The highest BCUT2D eigenvalue weighted by Gasteiger charge is 2.13. The van der Waals surface area contributed by atoms with Gasteiger partial charge in [-0.05, 0) is 49.6 Å². The molecule has 16 heavy (non-hydrogen) atoms. The number of hydrogen-bond acceptors (Lipinski definition) is 1. The highest BCUT2D eigenvalue weighted by Crippen LogP contribution is 2.30. The summed E-state index contributed by atoms with van der Waals surface area (Å²) in [5, 5.41) is 9.00. The van der Waals surface area contributed by atoms with E-state index in [1.165, 1.54) is 6.20 Å². The van der Waals surface area contributed by atoms with Crippen LogP contribution < -0.4 is 0 Å². The lowest BCUT2D eigenvalue weighted by Crippen LogP contribution is -1.95. The number of halogens is 2. The molecule has 82 valence electrons. The zero-order valence-corrected chi connectivity index (χ0v) is 11.2. The van der Waals surface area contributed by atoms with Crippen molar-refractivity contribution in [3.63, 3.8) is 0 Å². The second-order valence-corrected chi connectivity index (χ2v) is 4.93. The van der Waals surface area contributed by atoms with Gasteiger partial charge in [-0.3, -0.25) is 0 Å². The van der Waals surface area contributed by atoms with Crippen LogP contribution >= 0.6 is 31.9 Å². The van der Waals surface area contributed by atoms with Gasteiger partial charge in [-0.2, -0.15) is 0 Å². The highest BCUT2D eigenvalue weighted by molar-refractivity contribution is 9.13. The Labute approximate surface area is 109 Å². The highest BCUT2D eigenvalue weighted by atomic mass is 79.9. The van der Waals surface area contributed by atoms with Gasteiger partial charge in [-0.25, -0.2) is 4.79 Å². The number of carbonyl (C=O) groups is 1. The molecular weight excluding hydrogens is 338 g/mol. The summed E-state index contributed by atoms with van der Waals surface area (Å²) in [5.41, 5.74) is 1.81. The molecule has 0 bridgehead atoms. The van der Waals surface area contributed by atoms with E-state index < -0.39 is 5.97 Å². The van der Waals surface area contributed by atoms with Gasteiger partial charge < -0.3 is 10.1 Å². The van der Waals surface area contributed by atoms with Crippen molar-refractivity contribution in [1.29, 1.82) is 0 Å². The van der Waals surface area contributed by atoms with E-state index in [-0.39, 0.29) is 5.56 Å². The summed E-state index contributed by atoms with van der Waals surface area (Å²) in [4.78, 5) is 13.8. The van der Waals surface area contributed by atoms with Crippen molar-refractivity contribution < 1.29 is 9.90 Å². The van der Waals surface area contributed by atoms with Crippen LogP contribution in [0.3, 0.4) is 0 Å². The van der Waals surface area contributed by atoms with E-state index in [4.69, 9.17) is 5.11 Å². The van der Waals surface area contributed by atoms with Crippen molar-refractivity contribution >= 4 is 37.8 Å². The van der Waals surface area contributed by atoms with Gasteiger partial charge in [-0.15, -0.1) is 0 Å². The number of rotatable bonds is 2. The van der Waals surface area contributed by atoms with Gasteiger partial charge in [0.1, 0.15) is 0 Å². The zero-order valence-electron chi connectivity index (χ0n) is 8.00. The molecule has 1 aromatic carbocycles. The molecule has 0 unspecified atom stereocenters. The Bertz CT molecular complexity index is 549. The lowest BCUT2D eigenvalue weighted by Gasteiger charge is -2.02. The van der Waals surface area contributed by atoms with Gasteiger partial charge in [0.05, 0.1) is 5.56 Å². The Morgan fingerprint density at radius 3 is 2.56 bits per heavy atom. The van der Waals surface area contributed by atoms with Crippen molar-refractivity contribution in [2.75, 3.05) is 0 Å². The lowest BCUT2D eigenvalue weighted by atomic mass is 10.1. The van der Waals surface area contributed by atoms with Crippen molar-refractivity contribution in [2.45, 2.75) is 0 Å². The van der Waals surface area contributed by atoms with Crippen LogP contribution in [0.15, 0.2) is 39.5 Å². The summed E-state index contributed by atoms with van der Waals surface area (Å²) in [6.45, 7) is 0. The fourth-order valence-electron chi connectivity index (χ4n) is 1.44. The van der Waals surface area contributed by atoms with Crippen LogP contribution in [0.1, 0.15) is 10.4 Å². The molecule has 1 aromatic heterocycles. The number of nitrogens with one attached hydrogen (secondary N) is 1. The number of carboxylic acids is 1. The number of aromatic nitrogens is 1. The van der Waals surface area contributed by atoms with Gasteiger partial charge in [0.2, 0.25) is 0 Å². The van der Waals surface area contributed by atoms with E-state index in [1.807, 2.05) is 18.2 Å². The smallest absolute Gasteiger partial charge is 0.337 e. The van der Waals surface area contributed by atoms with E-state index in [9.17, 15) is 4.79 Å². The molecular formula is C11H7Br2NO2. The van der Waals surface area contributed by atoms with E-state index >= 15 is 0 Å². The van der Waals surface area contributed by atoms with Crippen LogP contribution in [0.2, 0.25) is 0 Å². The summed E-state index contributed by atoms with van der Waals surface area (Å²) < 4.78 is 1.83. The molecule has 3 nitrogen and oxygen atoms in total. The van der Waals surface area contributed by atoms with E-state index in [2.05, 4.69) is 36.8 Å². The molecule has 0 atom stereocenters. The predicted molar refractivity (Wildman–Crippen MR) is 68.6 cm³/mol. The normalized spacial score (nSPS) is 10.4. The van der Waals surface area contributed by atoms with Crippen LogP contribution in [-0.2, 0) is 0 Å². The molecule has 0 aliphatic heterocycles. The Balaban J connectivity index is 2.54. The average Bonchev–Trinajstić information content (AvgIpc) is 2.71. The quantitative estimate of drug-likeness (QED) is 0.867. The largest absolute Gasteiger partial charge is 0.478 e. The van der Waals surface area contributed by atoms with Crippen molar-refractivity contribution in [3.8, 4) is 11.1 Å². The number of aromatic amines is 1. The van der Waals surface area contributed by atoms with Crippen molar-refractivity contribution in [2.24, 2.45) is 0 Å². The third-order valence-corrected chi connectivity index (χ3v) is 4.09. The van der Waals surface area contributed by atoms with Crippen molar-refractivity contribution in [3.05, 3.63) is 45.1 Å². The standard InChI is InChI=1S/C11H7Br2NO2/c12-9-2-1-6(3-10(9)13)7-4-14-5-8(7)11(15)16/h1-5,14H,(H,15,16). The van der Waals surface area contributed by atoms with Gasteiger partial charge in [0, 0.05) is 26.9 Å². The third kappa shape index (κ3) is 2.05. The van der Waals surface area contributed by atoms with Crippen molar-refractivity contribution in [1.82, 2.24) is 4.98 Å². The average molecular weight is 345 g/mol. The molecule has 0 aliphatic carbocycles. The van der Waals surface area contributed by atoms with Crippen LogP contribution in [0.4, 0.5) is 0 Å². The molecule has 1 heterocycles. The molecule has 5 heteroatoms. The molecule has 0 aliphatic rings. The maximum absolute atomic E-state index is 11.0. The van der Waals surface area contributed by atoms with Gasteiger partial charge >= 0.3 is 5.97 Å². The number of aromatic carboxylic acids is 1. The molecule has 2 N–H and O–H groups in total. The first-order chi connectivity index (χ1) is 7.59. The summed E-state index contributed by atoms with van der Waals surface area (Å²) in [6, 6.07) is 5.61. The third-order valence-electron chi connectivity index (χ3n) is 2.21. The van der Waals surface area contributed by atoms with E-state index in [0.29, 0.717) is 5.56 Å². The molecule has 0 radical (unpaired) electrons. The molecule has 2 rings (SSSR count). The number of H-pyrrole nitrogens is 1. The van der Waals surface area contributed by atoms with Crippen LogP contribution in [0.5, 0.6) is 0 Å². The first-order valence-corrected chi connectivity index (χ1v) is 6.03. The summed E-state index contributed by atoms with van der Waals surface area (Å²) in [7, 11) is 0. The van der Waals surface area contributed by atoms with Gasteiger partial charge in [0.25, 0.3) is 0 Å². The lowest BCUT2D eigenvalue weighted by molar-refractivity contribution is 0.0698. The first-order valence-electron chi connectivity index (χ1n) is 4.45. The minimum Gasteiger partial charge on any atom is -0.478 e. The summed E-state index contributed by atoms with van der Waals surface area (Å²) >= 11 is 6.76. The predicted octanol–water partition coefficient (Wildman–Crippen LogP) is 3.90. The molecule has 2 aromatic rings. The second-order valence-electron chi connectivity index (χ2n) is 3.22. The minimum absolute atomic E-state index is 0.272. The topological polar surface area (TPSA) is 53.1 Å². The maximum atomic E-state index is 11.0. The SMILES string of the molecule is O=C(O)c1c[nH]cc1-c1ccc(Br)c(Br)c1. The fourth-order valence-corrected chi connectivity index (χ4v) is 2.07. The van der Waals surface area contributed by atoms with Crippen LogP contribution in [0.25, 0.3) is 11.1 Å². The monoisotopic (exact) mass is 343 g/mol. The number of carboxylic acid groups (broad SMARTS) is 1. The first kappa shape index (κ1) is 11.4. The Morgan fingerprint density at radius 2 is 1.94 bits per heavy atom. The molecule has 0 saturated heterocycles. The summed E-state index contributed by atoms with van der Waals surface area (Å²) in [5.74, 6) is -0.935. The summed E-state index contributed by atoms with van der Waals surface area (Å²) in [6.07, 6.45) is 3.16. The Hall–Kier alpha value is -1.07. The number of hydrogen-bond donors (Lipinski definition) is 2. The zero-order chi connectivity index (χ0) is 11.7. The molecule has 0 saturated carbocycles. The van der Waals surface area contributed by atoms with E-state index in [0.717, 1.165) is 14.5 Å². The number of benzene rings is 1. The fraction of sp³-hybridized carbons (Fsp3) is 0. The Morgan fingerprint density at radius 1 is 1.19 bits per heavy atom. The van der Waals surface area contributed by atoms with Crippen LogP contribution in [0, 0.1) is 0 Å². The Kier molecular flexibility index (Phi) is 3.16.